The van der Waals surface area contributed by atoms with E-state index in [1.807, 2.05) is 24.3 Å². The minimum Gasteiger partial charge on any atom is -0.497 e. The molecule has 1 saturated carbocycles. The number of benzene rings is 1. The maximum Gasteiger partial charge on any atom is 0.325 e. The number of ether oxygens (including phenoxy) is 2. The number of hydrogen-bond donors (Lipinski definition) is 2. The summed E-state index contributed by atoms with van der Waals surface area (Å²) < 4.78 is 10.3. The van der Waals surface area contributed by atoms with E-state index < -0.39 is 0 Å². The molecule has 0 spiro atoms. The van der Waals surface area contributed by atoms with Gasteiger partial charge in [0.1, 0.15) is 12.3 Å². The summed E-state index contributed by atoms with van der Waals surface area (Å²) in [5, 5.41) is 6.13. The van der Waals surface area contributed by atoms with E-state index in [0.29, 0.717) is 17.9 Å². The van der Waals surface area contributed by atoms with Gasteiger partial charge in [0.25, 0.3) is 5.91 Å². The van der Waals surface area contributed by atoms with Crippen molar-refractivity contribution in [2.75, 3.05) is 25.6 Å². The molecule has 1 heterocycles. The highest BCUT2D eigenvalue weighted by molar-refractivity contribution is 6.32. The summed E-state index contributed by atoms with van der Waals surface area (Å²) in [6.07, 6.45) is 10.6. The second-order valence-corrected chi connectivity index (χ2v) is 7.71. The third-order valence-electron chi connectivity index (χ3n) is 5.71. The highest BCUT2D eigenvalue weighted by atomic mass is 16.5. The molecular formula is C25H32N2O4. The van der Waals surface area contributed by atoms with Crippen molar-refractivity contribution in [3.8, 4) is 5.75 Å². The molecule has 0 atom stereocenters. The zero-order chi connectivity index (χ0) is 22.2. The second kappa shape index (κ2) is 10.8. The van der Waals surface area contributed by atoms with Crippen LogP contribution in [0.15, 0.2) is 47.2 Å². The Balaban J connectivity index is 1.89. The average molecular weight is 425 g/mol. The number of esters is 1. The Labute approximate surface area is 184 Å². The molecule has 1 aromatic carbocycles. The van der Waals surface area contributed by atoms with Gasteiger partial charge in [0.2, 0.25) is 0 Å². The smallest absolute Gasteiger partial charge is 0.325 e. The molecule has 1 amide bonds. The zero-order valence-corrected chi connectivity index (χ0v) is 18.7. The first-order chi connectivity index (χ1) is 15.0. The van der Waals surface area contributed by atoms with Crippen molar-refractivity contribution in [1.29, 1.82) is 0 Å². The molecule has 166 valence electrons. The third kappa shape index (κ3) is 5.78. The molecule has 0 bridgehead atoms. The molecule has 6 heteroatoms. The van der Waals surface area contributed by atoms with Gasteiger partial charge in [0.15, 0.2) is 0 Å². The van der Waals surface area contributed by atoms with Crippen LogP contribution in [0.2, 0.25) is 0 Å². The van der Waals surface area contributed by atoms with Crippen LogP contribution in [0.3, 0.4) is 0 Å². The van der Waals surface area contributed by atoms with Gasteiger partial charge in [-0.15, -0.1) is 0 Å². The fourth-order valence-corrected chi connectivity index (χ4v) is 3.78. The van der Waals surface area contributed by atoms with Crippen LogP contribution in [0.25, 0.3) is 5.57 Å². The monoisotopic (exact) mass is 424 g/mol. The van der Waals surface area contributed by atoms with Crippen LogP contribution >= 0.6 is 0 Å². The predicted octanol–water partition coefficient (Wildman–Crippen LogP) is 4.74. The maximum absolute atomic E-state index is 12.7. The lowest BCUT2D eigenvalue weighted by molar-refractivity contribution is -0.141. The molecule has 2 N–H and O–H groups in total. The Hall–Kier alpha value is -3.02. The van der Waals surface area contributed by atoms with Gasteiger partial charge in [-0.25, -0.2) is 0 Å². The Morgan fingerprint density at radius 3 is 2.71 bits per heavy atom. The van der Waals surface area contributed by atoms with Crippen LogP contribution in [0.5, 0.6) is 5.75 Å². The number of fused-ring (bicyclic) bond motifs is 1. The number of carbonyl (C=O) groups is 2. The second-order valence-electron chi connectivity index (χ2n) is 7.71. The Kier molecular flexibility index (Phi) is 7.93. The molecule has 3 rings (SSSR count). The summed E-state index contributed by atoms with van der Waals surface area (Å²) in [6.45, 7) is 4.29. The molecule has 6 nitrogen and oxygen atoms in total. The molecule has 2 aliphatic rings. The van der Waals surface area contributed by atoms with E-state index in [2.05, 4.69) is 23.6 Å². The highest BCUT2D eigenvalue weighted by Gasteiger charge is 2.25. The van der Waals surface area contributed by atoms with Crippen molar-refractivity contribution in [3.63, 3.8) is 0 Å². The van der Waals surface area contributed by atoms with Crippen molar-refractivity contribution in [2.45, 2.75) is 52.4 Å². The first-order valence-corrected chi connectivity index (χ1v) is 11.1. The van der Waals surface area contributed by atoms with E-state index in [-0.39, 0.29) is 18.4 Å². The summed E-state index contributed by atoms with van der Waals surface area (Å²) in [4.78, 5) is 24.6. The predicted molar refractivity (Wildman–Crippen MR) is 123 cm³/mol. The molecule has 0 unspecified atom stereocenters. The standard InChI is InChI=1S/C25H32N2O4/c1-4-18(11-7-10-17-8-6-9-17)22(26-16-24(28)31-5-2)15-21-20-13-12-19(30-3)14-23(20)27-25(21)29/h10,12-15,26H,4-9,11,16H2,1-3H3,(H,27,29)/b21-15-,22-18+. The van der Waals surface area contributed by atoms with E-state index in [9.17, 15) is 9.59 Å². The molecule has 1 aliphatic heterocycles. The number of methoxy groups -OCH3 is 1. The molecule has 1 fully saturated rings. The number of amides is 1. The summed E-state index contributed by atoms with van der Waals surface area (Å²) >= 11 is 0. The zero-order valence-electron chi connectivity index (χ0n) is 18.7. The van der Waals surface area contributed by atoms with Crippen molar-refractivity contribution >= 4 is 23.1 Å². The Morgan fingerprint density at radius 1 is 1.26 bits per heavy atom. The van der Waals surface area contributed by atoms with Crippen LogP contribution in [0, 0.1) is 0 Å². The molecule has 1 aliphatic carbocycles. The van der Waals surface area contributed by atoms with Gasteiger partial charge >= 0.3 is 5.97 Å². The highest BCUT2D eigenvalue weighted by Crippen LogP contribution is 2.35. The van der Waals surface area contributed by atoms with Crippen molar-refractivity contribution in [2.24, 2.45) is 0 Å². The van der Waals surface area contributed by atoms with Crippen molar-refractivity contribution in [3.05, 3.63) is 52.8 Å². The molecule has 0 radical (unpaired) electrons. The summed E-state index contributed by atoms with van der Waals surface area (Å²) in [6, 6.07) is 5.54. The topological polar surface area (TPSA) is 76.7 Å². The first-order valence-electron chi connectivity index (χ1n) is 11.1. The Bertz CT molecular complexity index is 921. The fourth-order valence-electron chi connectivity index (χ4n) is 3.78. The van der Waals surface area contributed by atoms with Crippen LogP contribution in [-0.4, -0.2) is 32.1 Å². The lowest BCUT2D eigenvalue weighted by atomic mass is 9.90. The third-order valence-corrected chi connectivity index (χ3v) is 5.71. The minimum atomic E-state index is -0.313. The SMILES string of the molecule is CCOC(=O)CNC(/C=C1\C(=O)Nc2cc(OC)ccc21)=C(\CC)CCC=C1CCC1. The summed E-state index contributed by atoms with van der Waals surface area (Å²) in [5.41, 5.74) is 5.67. The van der Waals surface area contributed by atoms with Crippen LogP contribution in [-0.2, 0) is 14.3 Å². The molecule has 0 saturated heterocycles. The fraction of sp³-hybridized carbons (Fsp3) is 0.440. The molecule has 31 heavy (non-hydrogen) atoms. The van der Waals surface area contributed by atoms with Crippen LogP contribution < -0.4 is 15.4 Å². The van der Waals surface area contributed by atoms with Gasteiger partial charge in [-0.05, 0) is 69.2 Å². The van der Waals surface area contributed by atoms with Gasteiger partial charge in [-0.1, -0.05) is 18.6 Å². The normalized spacial score (nSPS) is 16.8. The van der Waals surface area contributed by atoms with Gasteiger partial charge in [0, 0.05) is 17.3 Å². The minimum absolute atomic E-state index is 0.0641. The summed E-state index contributed by atoms with van der Waals surface area (Å²) in [7, 11) is 1.60. The number of rotatable bonds is 10. The quantitative estimate of drug-likeness (QED) is 0.322. The van der Waals surface area contributed by atoms with Crippen molar-refractivity contribution in [1.82, 2.24) is 5.32 Å². The van der Waals surface area contributed by atoms with Gasteiger partial charge in [-0.2, -0.15) is 0 Å². The van der Waals surface area contributed by atoms with E-state index in [4.69, 9.17) is 9.47 Å². The molecular weight excluding hydrogens is 392 g/mol. The summed E-state index contributed by atoms with van der Waals surface area (Å²) in [5.74, 6) is 0.215. The van der Waals surface area contributed by atoms with Gasteiger partial charge < -0.3 is 20.1 Å². The van der Waals surface area contributed by atoms with Crippen LogP contribution in [0.4, 0.5) is 5.69 Å². The number of anilines is 1. The van der Waals surface area contributed by atoms with Crippen molar-refractivity contribution < 1.29 is 19.1 Å². The van der Waals surface area contributed by atoms with E-state index in [0.717, 1.165) is 36.2 Å². The Morgan fingerprint density at radius 2 is 2.06 bits per heavy atom. The lowest BCUT2D eigenvalue weighted by Gasteiger charge is -2.17. The number of nitrogens with one attached hydrogen (secondary N) is 2. The van der Waals surface area contributed by atoms with E-state index in [1.54, 1.807) is 14.0 Å². The van der Waals surface area contributed by atoms with Gasteiger partial charge in [0.05, 0.1) is 25.0 Å². The van der Waals surface area contributed by atoms with E-state index in [1.165, 1.54) is 30.4 Å². The van der Waals surface area contributed by atoms with E-state index >= 15 is 0 Å². The molecule has 1 aromatic rings. The first kappa shape index (κ1) is 22.7. The molecule has 0 aromatic heterocycles. The van der Waals surface area contributed by atoms with Gasteiger partial charge in [-0.3, -0.25) is 9.59 Å². The van der Waals surface area contributed by atoms with Crippen LogP contribution in [0.1, 0.15) is 57.9 Å². The lowest BCUT2D eigenvalue weighted by Crippen LogP contribution is -2.25. The number of allylic oxidation sites excluding steroid dienone is 4. The number of hydrogen-bond acceptors (Lipinski definition) is 5. The largest absolute Gasteiger partial charge is 0.497 e. The number of carbonyl (C=O) groups excluding carboxylic acids is 2. The maximum atomic E-state index is 12.7. The average Bonchev–Trinajstić information content (AvgIpc) is 3.04.